The van der Waals surface area contributed by atoms with Crippen molar-refractivity contribution in [1.82, 2.24) is 4.90 Å². The Bertz CT molecular complexity index is 327. The molecular weight excluding hydrogens is 266 g/mol. The van der Waals surface area contributed by atoms with E-state index in [-0.39, 0.29) is 12.2 Å². The van der Waals surface area contributed by atoms with Gasteiger partial charge < -0.3 is 19.5 Å². The molecule has 1 amide bonds. The Morgan fingerprint density at radius 3 is 2.26 bits per heavy atom. The lowest BCUT2D eigenvalue weighted by atomic mass is 10.1. The maximum absolute atomic E-state index is 11.4. The van der Waals surface area contributed by atoms with Crippen LogP contribution in [0.15, 0.2) is 0 Å². The van der Waals surface area contributed by atoms with Gasteiger partial charge in [-0.3, -0.25) is 0 Å². The van der Waals surface area contributed by atoms with Crippen molar-refractivity contribution in [2.24, 2.45) is 0 Å². The zero-order valence-corrected chi connectivity index (χ0v) is 13.4. The molecule has 0 radical (unpaired) electrons. The Morgan fingerprint density at radius 1 is 1.32 bits per heavy atom. The monoisotopic (exact) mass is 291 g/mol. The molecule has 0 aliphatic carbocycles. The van der Waals surface area contributed by atoms with Gasteiger partial charge in [-0.15, -0.1) is 0 Å². The van der Waals surface area contributed by atoms with Crippen molar-refractivity contribution in [3.05, 3.63) is 0 Å². The number of nitrogens with zero attached hydrogens (tertiary/aromatic N) is 1. The van der Waals surface area contributed by atoms with Crippen LogP contribution >= 0.6 is 11.8 Å². The van der Waals surface area contributed by atoms with Crippen molar-refractivity contribution in [3.63, 3.8) is 0 Å². The molecule has 1 aliphatic heterocycles. The summed E-state index contributed by atoms with van der Waals surface area (Å²) in [5.74, 6) is 0.152. The third-order valence-corrected chi connectivity index (χ3v) is 3.68. The molecule has 1 rings (SSSR count). The van der Waals surface area contributed by atoms with Crippen LogP contribution in [0.25, 0.3) is 0 Å². The molecule has 5 nitrogen and oxygen atoms in total. The summed E-state index contributed by atoms with van der Waals surface area (Å²) < 4.78 is 11.7. The summed E-state index contributed by atoms with van der Waals surface area (Å²) in [5.41, 5.74) is -0.453. The average molecular weight is 291 g/mol. The van der Waals surface area contributed by atoms with Gasteiger partial charge in [-0.2, -0.15) is 11.8 Å². The van der Waals surface area contributed by atoms with Crippen LogP contribution in [0.1, 0.15) is 34.6 Å². The molecule has 6 heteroatoms. The first-order valence-electron chi connectivity index (χ1n) is 6.42. The molecule has 1 aliphatic rings. The Balaban J connectivity index is 2.80. The Kier molecular flexibility index (Phi) is 5.15. The van der Waals surface area contributed by atoms with E-state index in [1.807, 2.05) is 40.9 Å². The number of carboxylic acid groups (broad SMARTS) is 1. The second-order valence-corrected chi connectivity index (χ2v) is 7.14. The quantitative estimate of drug-likeness (QED) is 0.863. The molecule has 1 heterocycles. The first-order valence-corrected chi connectivity index (χ1v) is 7.81. The van der Waals surface area contributed by atoms with E-state index in [9.17, 15) is 9.90 Å². The number of carbonyl (C=O) groups is 1. The molecule has 19 heavy (non-hydrogen) atoms. The Morgan fingerprint density at radius 2 is 1.84 bits per heavy atom. The summed E-state index contributed by atoms with van der Waals surface area (Å²) in [7, 11) is 0. The summed E-state index contributed by atoms with van der Waals surface area (Å²) in [6, 6.07) is 0. The van der Waals surface area contributed by atoms with Crippen LogP contribution in [0.5, 0.6) is 0 Å². The molecule has 0 saturated carbocycles. The van der Waals surface area contributed by atoms with E-state index in [0.29, 0.717) is 6.54 Å². The van der Waals surface area contributed by atoms with Crippen LogP contribution in [0, 0.1) is 0 Å². The standard InChI is InChI=1S/C13H25NO4S/c1-12(2,3)14(11(15)16)7-9-10(8-19-6)18-13(4,5)17-9/h9-10H,7-8H2,1-6H3,(H,15,16)/t9-,10-/m1/s1. The summed E-state index contributed by atoms with van der Waals surface area (Å²) in [6.45, 7) is 9.70. The smallest absolute Gasteiger partial charge is 0.407 e. The third kappa shape index (κ3) is 4.54. The van der Waals surface area contributed by atoms with E-state index in [1.165, 1.54) is 4.90 Å². The maximum Gasteiger partial charge on any atom is 0.407 e. The summed E-state index contributed by atoms with van der Waals surface area (Å²) in [4.78, 5) is 12.8. The highest BCUT2D eigenvalue weighted by Crippen LogP contribution is 2.31. The van der Waals surface area contributed by atoms with Crippen molar-refractivity contribution in [2.75, 3.05) is 18.6 Å². The van der Waals surface area contributed by atoms with Gasteiger partial charge in [-0.05, 0) is 40.9 Å². The first kappa shape index (κ1) is 16.6. The van der Waals surface area contributed by atoms with Crippen LogP contribution in [0.4, 0.5) is 4.79 Å². The lowest BCUT2D eigenvalue weighted by molar-refractivity contribution is -0.146. The number of hydrogen-bond acceptors (Lipinski definition) is 4. The largest absolute Gasteiger partial charge is 0.465 e. The number of thioether (sulfide) groups is 1. The van der Waals surface area contributed by atoms with Gasteiger partial charge in [0.15, 0.2) is 5.79 Å². The minimum absolute atomic E-state index is 0.0748. The van der Waals surface area contributed by atoms with Crippen LogP contribution in [-0.2, 0) is 9.47 Å². The summed E-state index contributed by atoms with van der Waals surface area (Å²) in [6.07, 6.45) is 0.778. The summed E-state index contributed by atoms with van der Waals surface area (Å²) in [5, 5.41) is 9.34. The zero-order valence-electron chi connectivity index (χ0n) is 12.6. The van der Waals surface area contributed by atoms with Crippen molar-refractivity contribution in [2.45, 2.75) is 58.2 Å². The van der Waals surface area contributed by atoms with Crippen LogP contribution in [0.3, 0.4) is 0 Å². The second kappa shape index (κ2) is 5.89. The van der Waals surface area contributed by atoms with Crippen molar-refractivity contribution in [3.8, 4) is 0 Å². The zero-order chi connectivity index (χ0) is 14.8. The fourth-order valence-corrected chi connectivity index (χ4v) is 2.80. The minimum atomic E-state index is -0.927. The topological polar surface area (TPSA) is 59.0 Å². The van der Waals surface area contributed by atoms with Crippen LogP contribution in [0.2, 0.25) is 0 Å². The van der Waals surface area contributed by atoms with Crippen LogP contribution < -0.4 is 0 Å². The van der Waals surface area contributed by atoms with E-state index in [4.69, 9.17) is 9.47 Å². The van der Waals surface area contributed by atoms with E-state index in [2.05, 4.69) is 0 Å². The predicted molar refractivity (Wildman–Crippen MR) is 76.7 cm³/mol. The van der Waals surface area contributed by atoms with Gasteiger partial charge in [0, 0.05) is 11.3 Å². The van der Waals surface area contributed by atoms with E-state index in [0.717, 1.165) is 5.75 Å². The molecule has 0 bridgehead atoms. The lowest BCUT2D eigenvalue weighted by Crippen LogP contribution is -2.50. The van der Waals surface area contributed by atoms with Gasteiger partial charge in [0.25, 0.3) is 0 Å². The van der Waals surface area contributed by atoms with E-state index >= 15 is 0 Å². The van der Waals surface area contributed by atoms with Crippen LogP contribution in [-0.4, -0.2) is 58.2 Å². The molecule has 1 N–H and O–H groups in total. The Hall–Kier alpha value is -0.460. The number of amides is 1. The normalized spacial score (nSPS) is 26.4. The molecule has 1 saturated heterocycles. The molecule has 112 valence electrons. The van der Waals surface area contributed by atoms with Crippen molar-refractivity contribution >= 4 is 17.9 Å². The SMILES string of the molecule is CSC[C@H]1OC(C)(C)O[C@@H]1CN(C(=O)O)C(C)(C)C. The molecule has 0 aromatic heterocycles. The molecular formula is C13H25NO4S. The highest BCUT2D eigenvalue weighted by atomic mass is 32.2. The van der Waals surface area contributed by atoms with Gasteiger partial charge in [0.05, 0.1) is 12.6 Å². The summed E-state index contributed by atoms with van der Waals surface area (Å²) >= 11 is 1.68. The lowest BCUT2D eigenvalue weighted by Gasteiger charge is -2.35. The maximum atomic E-state index is 11.4. The van der Waals surface area contributed by atoms with E-state index < -0.39 is 17.4 Å². The first-order chi connectivity index (χ1) is 8.57. The number of rotatable bonds is 4. The number of hydrogen-bond donors (Lipinski definition) is 1. The molecule has 0 spiro atoms. The number of ether oxygens (including phenoxy) is 2. The molecule has 0 aromatic rings. The van der Waals surface area contributed by atoms with Gasteiger partial charge in [-0.1, -0.05) is 0 Å². The predicted octanol–water partition coefficient (Wildman–Crippen LogP) is 2.65. The highest BCUT2D eigenvalue weighted by Gasteiger charge is 2.43. The molecule has 0 unspecified atom stereocenters. The fraction of sp³-hybridized carbons (Fsp3) is 0.923. The molecule has 0 aromatic carbocycles. The molecule has 2 atom stereocenters. The Labute approximate surface area is 119 Å². The van der Waals surface area contributed by atoms with Crippen molar-refractivity contribution < 1.29 is 19.4 Å². The average Bonchev–Trinajstić information content (AvgIpc) is 2.48. The van der Waals surface area contributed by atoms with E-state index in [1.54, 1.807) is 11.8 Å². The minimum Gasteiger partial charge on any atom is -0.465 e. The fourth-order valence-electron chi connectivity index (χ4n) is 2.19. The van der Waals surface area contributed by atoms with Crippen molar-refractivity contribution in [1.29, 1.82) is 0 Å². The van der Waals surface area contributed by atoms with Gasteiger partial charge in [-0.25, -0.2) is 4.79 Å². The third-order valence-electron chi connectivity index (χ3n) is 3.02. The highest BCUT2D eigenvalue weighted by molar-refractivity contribution is 7.98. The van der Waals surface area contributed by atoms with Gasteiger partial charge >= 0.3 is 6.09 Å². The second-order valence-electron chi connectivity index (χ2n) is 6.23. The van der Waals surface area contributed by atoms with Gasteiger partial charge in [0.2, 0.25) is 0 Å². The molecule has 1 fully saturated rings. The van der Waals surface area contributed by atoms with Gasteiger partial charge in [0.1, 0.15) is 6.10 Å².